The van der Waals surface area contributed by atoms with E-state index in [1.165, 1.54) is 0 Å². The van der Waals surface area contributed by atoms with E-state index in [0.717, 1.165) is 77.0 Å². The fraction of sp³-hybridized carbons (Fsp3) is 0.714. The van der Waals surface area contributed by atoms with Gasteiger partial charge in [-0.2, -0.15) is 0 Å². The van der Waals surface area contributed by atoms with Crippen molar-refractivity contribution in [3.05, 3.63) is 24.2 Å². The van der Waals surface area contributed by atoms with Crippen molar-refractivity contribution >= 4 is 35.8 Å². The van der Waals surface area contributed by atoms with Gasteiger partial charge in [0.2, 0.25) is 5.91 Å². The zero-order valence-corrected chi connectivity index (χ0v) is 20.5. The van der Waals surface area contributed by atoms with Gasteiger partial charge < -0.3 is 24.7 Å². The van der Waals surface area contributed by atoms with Crippen LogP contribution in [0, 0.1) is 5.92 Å². The third kappa shape index (κ3) is 8.43. The number of carbonyl (C=O) groups is 1. The summed E-state index contributed by atoms with van der Waals surface area (Å²) in [6, 6.07) is 4.09. The number of guanidine groups is 1. The lowest BCUT2D eigenvalue weighted by molar-refractivity contribution is -0.123. The summed E-state index contributed by atoms with van der Waals surface area (Å²) in [5.74, 6) is 2.54. The normalized spacial score (nSPS) is 20.3. The first-order chi connectivity index (χ1) is 14.1. The smallest absolute Gasteiger partial charge is 0.234 e. The SMILES string of the molecule is CC(C)NC(=O)CN1CCN(C(=NCC2CCOC2)NCCc2ccco2)CC1.I. The number of nitrogens with zero attached hydrogens (tertiary/aromatic N) is 3. The molecule has 1 aromatic heterocycles. The lowest BCUT2D eigenvalue weighted by Gasteiger charge is -2.36. The number of piperazine rings is 1. The van der Waals surface area contributed by atoms with E-state index < -0.39 is 0 Å². The Morgan fingerprint density at radius 3 is 2.73 bits per heavy atom. The Labute approximate surface area is 196 Å². The predicted molar refractivity (Wildman–Crippen MR) is 128 cm³/mol. The van der Waals surface area contributed by atoms with Crippen LogP contribution >= 0.6 is 24.0 Å². The summed E-state index contributed by atoms with van der Waals surface area (Å²) >= 11 is 0. The van der Waals surface area contributed by atoms with Crippen molar-refractivity contribution in [3.63, 3.8) is 0 Å². The molecule has 2 fully saturated rings. The lowest BCUT2D eigenvalue weighted by Crippen LogP contribution is -2.54. The van der Waals surface area contributed by atoms with Crippen LogP contribution in [0.2, 0.25) is 0 Å². The van der Waals surface area contributed by atoms with Crippen molar-refractivity contribution < 1.29 is 13.9 Å². The molecule has 3 rings (SSSR count). The second-order valence-electron chi connectivity index (χ2n) is 8.14. The van der Waals surface area contributed by atoms with Crippen molar-refractivity contribution in [2.45, 2.75) is 32.7 Å². The quantitative estimate of drug-likeness (QED) is 0.300. The van der Waals surface area contributed by atoms with Crippen LogP contribution in [0.5, 0.6) is 0 Å². The molecule has 2 aliphatic rings. The van der Waals surface area contributed by atoms with Crippen LogP contribution in [0.25, 0.3) is 0 Å². The Kier molecular flexibility index (Phi) is 10.9. The Bertz CT molecular complexity index is 639. The van der Waals surface area contributed by atoms with Gasteiger partial charge in [0.25, 0.3) is 0 Å². The van der Waals surface area contributed by atoms with E-state index in [2.05, 4.69) is 20.4 Å². The second-order valence-corrected chi connectivity index (χ2v) is 8.14. The van der Waals surface area contributed by atoms with Gasteiger partial charge in [0.15, 0.2) is 5.96 Å². The Morgan fingerprint density at radius 1 is 1.30 bits per heavy atom. The van der Waals surface area contributed by atoms with Gasteiger partial charge in [-0.25, -0.2) is 0 Å². The van der Waals surface area contributed by atoms with E-state index >= 15 is 0 Å². The first kappa shape index (κ1) is 24.9. The fourth-order valence-corrected chi connectivity index (χ4v) is 3.65. The molecule has 0 aromatic carbocycles. The first-order valence-corrected chi connectivity index (χ1v) is 10.8. The summed E-state index contributed by atoms with van der Waals surface area (Å²) in [7, 11) is 0. The molecule has 0 aliphatic carbocycles. The molecule has 9 heteroatoms. The standard InChI is InChI=1S/C21H35N5O3.HI/c1-17(2)24-20(27)15-25-8-10-26(11-9-25)21(23-14-18-6-13-28-16-18)22-7-5-19-4-3-12-29-19;/h3-4,12,17-18H,5-11,13-16H2,1-2H3,(H,22,23)(H,24,27);1H. The Hall–Kier alpha value is -1.33. The summed E-state index contributed by atoms with van der Waals surface area (Å²) < 4.78 is 10.9. The van der Waals surface area contributed by atoms with Gasteiger partial charge in [-0.3, -0.25) is 14.7 Å². The first-order valence-electron chi connectivity index (χ1n) is 10.8. The largest absolute Gasteiger partial charge is 0.469 e. The van der Waals surface area contributed by atoms with Gasteiger partial charge in [-0.15, -0.1) is 24.0 Å². The van der Waals surface area contributed by atoms with Gasteiger partial charge >= 0.3 is 0 Å². The minimum Gasteiger partial charge on any atom is -0.469 e. The van der Waals surface area contributed by atoms with E-state index in [-0.39, 0.29) is 35.9 Å². The molecule has 1 unspecified atom stereocenters. The molecule has 3 heterocycles. The average Bonchev–Trinajstić information content (AvgIpc) is 3.38. The maximum absolute atomic E-state index is 12.0. The summed E-state index contributed by atoms with van der Waals surface area (Å²) in [4.78, 5) is 21.4. The summed E-state index contributed by atoms with van der Waals surface area (Å²) in [5, 5.41) is 6.48. The van der Waals surface area contributed by atoms with Crippen molar-refractivity contribution in [2.24, 2.45) is 10.9 Å². The zero-order chi connectivity index (χ0) is 20.5. The van der Waals surface area contributed by atoms with Gasteiger partial charge in [-0.05, 0) is 32.4 Å². The molecule has 1 atom stereocenters. The molecule has 1 aromatic rings. The Balaban J connectivity index is 0.00000320. The number of aliphatic imine (C=N–C) groups is 1. The molecule has 170 valence electrons. The van der Waals surface area contributed by atoms with Crippen LogP contribution in [0.15, 0.2) is 27.8 Å². The fourth-order valence-electron chi connectivity index (χ4n) is 3.65. The topological polar surface area (TPSA) is 82.3 Å². The number of ether oxygens (including phenoxy) is 1. The number of halogens is 1. The van der Waals surface area contributed by atoms with E-state index in [1.54, 1.807) is 6.26 Å². The van der Waals surface area contributed by atoms with Crippen LogP contribution in [0.3, 0.4) is 0 Å². The van der Waals surface area contributed by atoms with Crippen LogP contribution in [0.4, 0.5) is 0 Å². The molecular formula is C21H36IN5O3. The molecule has 0 radical (unpaired) electrons. The molecule has 0 spiro atoms. The van der Waals surface area contributed by atoms with E-state index in [4.69, 9.17) is 14.1 Å². The molecule has 30 heavy (non-hydrogen) atoms. The third-order valence-corrected chi connectivity index (χ3v) is 5.25. The summed E-state index contributed by atoms with van der Waals surface area (Å²) in [6.45, 7) is 11.1. The lowest BCUT2D eigenvalue weighted by atomic mass is 10.1. The number of nitrogens with one attached hydrogen (secondary N) is 2. The van der Waals surface area contributed by atoms with Crippen molar-refractivity contribution in [1.29, 1.82) is 0 Å². The highest BCUT2D eigenvalue weighted by Crippen LogP contribution is 2.13. The van der Waals surface area contributed by atoms with Crippen molar-refractivity contribution in [1.82, 2.24) is 20.4 Å². The van der Waals surface area contributed by atoms with Gasteiger partial charge in [0, 0.05) is 64.3 Å². The number of amides is 1. The number of furan rings is 1. The number of hydrogen-bond acceptors (Lipinski definition) is 5. The van der Waals surface area contributed by atoms with E-state index in [0.29, 0.717) is 12.5 Å². The monoisotopic (exact) mass is 533 g/mol. The number of hydrogen-bond donors (Lipinski definition) is 2. The molecule has 1 amide bonds. The Morgan fingerprint density at radius 2 is 2.10 bits per heavy atom. The molecule has 8 nitrogen and oxygen atoms in total. The van der Waals surface area contributed by atoms with Crippen molar-refractivity contribution in [2.75, 3.05) is 59.0 Å². The van der Waals surface area contributed by atoms with Crippen LogP contribution < -0.4 is 10.6 Å². The van der Waals surface area contributed by atoms with Crippen LogP contribution in [0.1, 0.15) is 26.0 Å². The highest BCUT2D eigenvalue weighted by atomic mass is 127. The van der Waals surface area contributed by atoms with Crippen LogP contribution in [-0.4, -0.2) is 86.7 Å². The molecule has 0 saturated carbocycles. The minimum absolute atomic E-state index is 0. The van der Waals surface area contributed by atoms with Gasteiger partial charge in [0.05, 0.1) is 19.4 Å². The van der Waals surface area contributed by atoms with Gasteiger partial charge in [-0.1, -0.05) is 0 Å². The number of carbonyl (C=O) groups excluding carboxylic acids is 1. The molecule has 2 aliphatic heterocycles. The number of rotatable bonds is 8. The highest BCUT2D eigenvalue weighted by Gasteiger charge is 2.22. The highest BCUT2D eigenvalue weighted by molar-refractivity contribution is 14.0. The van der Waals surface area contributed by atoms with E-state index in [9.17, 15) is 4.79 Å². The summed E-state index contributed by atoms with van der Waals surface area (Å²) in [5.41, 5.74) is 0. The maximum Gasteiger partial charge on any atom is 0.234 e. The molecule has 2 N–H and O–H groups in total. The molecule has 2 saturated heterocycles. The summed E-state index contributed by atoms with van der Waals surface area (Å²) in [6.07, 6.45) is 3.62. The maximum atomic E-state index is 12.0. The zero-order valence-electron chi connectivity index (χ0n) is 18.1. The second kappa shape index (κ2) is 13.2. The predicted octanol–water partition coefficient (Wildman–Crippen LogP) is 1.56. The molecule has 0 bridgehead atoms. The van der Waals surface area contributed by atoms with Gasteiger partial charge in [0.1, 0.15) is 5.76 Å². The molecular weight excluding hydrogens is 497 g/mol. The average molecular weight is 533 g/mol. The van der Waals surface area contributed by atoms with Crippen molar-refractivity contribution in [3.8, 4) is 0 Å². The van der Waals surface area contributed by atoms with E-state index in [1.807, 2.05) is 26.0 Å². The minimum atomic E-state index is 0. The third-order valence-electron chi connectivity index (χ3n) is 5.25. The van der Waals surface area contributed by atoms with Crippen LogP contribution in [-0.2, 0) is 16.0 Å².